The van der Waals surface area contributed by atoms with Gasteiger partial charge in [-0.25, -0.2) is 4.39 Å². The molecule has 0 aliphatic carbocycles. The van der Waals surface area contributed by atoms with E-state index in [1.807, 2.05) is 43.3 Å². The zero-order valence-electron chi connectivity index (χ0n) is 14.2. The summed E-state index contributed by atoms with van der Waals surface area (Å²) in [6, 6.07) is 14.3. The van der Waals surface area contributed by atoms with Crippen molar-refractivity contribution in [2.45, 2.75) is 6.42 Å². The molecule has 0 bridgehead atoms. The number of halogens is 1. The quantitative estimate of drug-likeness (QED) is 0.784. The lowest BCUT2D eigenvalue weighted by molar-refractivity contribution is 0.0660. The summed E-state index contributed by atoms with van der Waals surface area (Å²) in [5.74, 6) is -1.39. The van der Waals surface area contributed by atoms with Gasteiger partial charge in [0.1, 0.15) is 5.83 Å². The maximum Gasteiger partial charge on any atom is 0.261 e. The third-order valence-electron chi connectivity index (χ3n) is 4.17. The highest BCUT2D eigenvalue weighted by Crippen LogP contribution is 2.23. The highest BCUT2D eigenvalue weighted by Gasteiger charge is 2.35. The zero-order chi connectivity index (χ0) is 18.0. The maximum atomic E-state index is 14.3. The van der Waals surface area contributed by atoms with Crippen LogP contribution in [0.1, 0.15) is 26.3 Å². The third-order valence-corrected chi connectivity index (χ3v) is 4.17. The van der Waals surface area contributed by atoms with Gasteiger partial charge in [-0.05, 0) is 42.3 Å². The van der Waals surface area contributed by atoms with Crippen molar-refractivity contribution in [1.82, 2.24) is 4.90 Å². The lowest BCUT2D eigenvalue weighted by Gasteiger charge is -2.13. The van der Waals surface area contributed by atoms with E-state index < -0.39 is 17.6 Å². The average Bonchev–Trinajstić information content (AvgIpc) is 2.85. The van der Waals surface area contributed by atoms with E-state index in [1.54, 1.807) is 24.3 Å². The van der Waals surface area contributed by atoms with Crippen molar-refractivity contribution >= 4 is 17.5 Å². The van der Waals surface area contributed by atoms with Gasteiger partial charge in [-0.15, -0.1) is 0 Å². The molecule has 0 N–H and O–H groups in total. The molecule has 1 aliphatic heterocycles. The molecule has 4 nitrogen and oxygen atoms in total. The van der Waals surface area contributed by atoms with E-state index in [1.165, 1.54) is 6.08 Å². The molecule has 0 spiro atoms. The molecule has 3 rings (SSSR count). The van der Waals surface area contributed by atoms with Gasteiger partial charge >= 0.3 is 0 Å². The predicted molar refractivity (Wildman–Crippen MR) is 95.5 cm³/mol. The number of amides is 2. The molecule has 128 valence electrons. The SMILES string of the molecule is CN(C)c1cccc(CC=C(F)CN2C(=O)c3ccccc3C2=O)c1. The first-order valence-electron chi connectivity index (χ1n) is 8.03. The Hall–Kier alpha value is -2.95. The Kier molecular flexibility index (Phi) is 4.65. The van der Waals surface area contributed by atoms with Crippen molar-refractivity contribution in [1.29, 1.82) is 0 Å². The molecule has 0 unspecified atom stereocenters. The topological polar surface area (TPSA) is 40.6 Å². The lowest BCUT2D eigenvalue weighted by Crippen LogP contribution is -2.31. The van der Waals surface area contributed by atoms with E-state index >= 15 is 0 Å². The fourth-order valence-corrected chi connectivity index (χ4v) is 2.79. The van der Waals surface area contributed by atoms with Crippen LogP contribution in [0.4, 0.5) is 10.1 Å². The second kappa shape index (κ2) is 6.89. The molecule has 0 radical (unpaired) electrons. The molecule has 0 atom stereocenters. The van der Waals surface area contributed by atoms with E-state index in [4.69, 9.17) is 0 Å². The van der Waals surface area contributed by atoms with Crippen LogP contribution in [0.5, 0.6) is 0 Å². The largest absolute Gasteiger partial charge is 0.378 e. The molecule has 2 aromatic carbocycles. The number of allylic oxidation sites excluding steroid dienone is 1. The molecule has 1 aliphatic rings. The molecule has 1 heterocycles. The maximum absolute atomic E-state index is 14.3. The van der Waals surface area contributed by atoms with Crippen molar-refractivity contribution in [3.63, 3.8) is 0 Å². The van der Waals surface area contributed by atoms with Crippen LogP contribution in [0, 0.1) is 0 Å². The lowest BCUT2D eigenvalue weighted by atomic mass is 10.1. The van der Waals surface area contributed by atoms with Gasteiger partial charge in [0.15, 0.2) is 0 Å². The molecule has 0 aromatic heterocycles. The van der Waals surface area contributed by atoms with E-state index in [-0.39, 0.29) is 6.54 Å². The Labute approximate surface area is 146 Å². The van der Waals surface area contributed by atoms with Gasteiger partial charge < -0.3 is 4.90 Å². The van der Waals surface area contributed by atoms with E-state index in [0.717, 1.165) is 16.2 Å². The molecular weight excluding hydrogens is 319 g/mol. The van der Waals surface area contributed by atoms with Crippen molar-refractivity contribution in [2.75, 3.05) is 25.5 Å². The minimum absolute atomic E-state index is 0.332. The normalized spacial score (nSPS) is 14.0. The van der Waals surface area contributed by atoms with Crippen molar-refractivity contribution in [3.8, 4) is 0 Å². The Balaban J connectivity index is 1.70. The smallest absolute Gasteiger partial charge is 0.261 e. The van der Waals surface area contributed by atoms with Crippen LogP contribution in [0.2, 0.25) is 0 Å². The standard InChI is InChI=1S/C20H19FN2O2/c1-22(2)16-7-5-6-14(12-16)10-11-15(21)13-23-19(24)17-8-3-4-9-18(17)20(23)25/h3-9,11-12H,10,13H2,1-2H3. The first-order valence-corrected chi connectivity index (χ1v) is 8.03. The second-order valence-corrected chi connectivity index (χ2v) is 6.16. The fraction of sp³-hybridized carbons (Fsp3) is 0.200. The Morgan fingerprint density at radius 2 is 1.68 bits per heavy atom. The highest BCUT2D eigenvalue weighted by molar-refractivity contribution is 6.21. The highest BCUT2D eigenvalue weighted by atomic mass is 19.1. The van der Waals surface area contributed by atoms with Crippen LogP contribution >= 0.6 is 0 Å². The molecule has 25 heavy (non-hydrogen) atoms. The zero-order valence-corrected chi connectivity index (χ0v) is 14.2. The monoisotopic (exact) mass is 338 g/mol. The Bertz CT molecular complexity index is 823. The molecule has 2 aromatic rings. The number of carbonyl (C=O) groups is 2. The van der Waals surface area contributed by atoms with Crippen LogP contribution in [-0.4, -0.2) is 37.4 Å². The average molecular weight is 338 g/mol. The van der Waals surface area contributed by atoms with Crippen LogP contribution in [-0.2, 0) is 6.42 Å². The molecule has 0 saturated carbocycles. The number of hydrogen-bond donors (Lipinski definition) is 0. The number of nitrogens with zero attached hydrogens (tertiary/aromatic N) is 2. The van der Waals surface area contributed by atoms with Crippen LogP contribution in [0.3, 0.4) is 0 Å². The number of anilines is 1. The van der Waals surface area contributed by atoms with Gasteiger partial charge in [0.2, 0.25) is 0 Å². The summed E-state index contributed by atoms with van der Waals surface area (Å²) in [6.45, 7) is -0.334. The summed E-state index contributed by atoms with van der Waals surface area (Å²) >= 11 is 0. The Morgan fingerprint density at radius 3 is 2.28 bits per heavy atom. The summed E-state index contributed by atoms with van der Waals surface area (Å²) in [5, 5.41) is 0. The third kappa shape index (κ3) is 3.45. The van der Waals surface area contributed by atoms with E-state index in [0.29, 0.717) is 17.5 Å². The molecule has 2 amide bonds. The summed E-state index contributed by atoms with van der Waals surface area (Å²) in [6.07, 6.45) is 1.81. The molecule has 0 saturated heterocycles. The molecule has 5 heteroatoms. The second-order valence-electron chi connectivity index (χ2n) is 6.16. The van der Waals surface area contributed by atoms with Gasteiger partial charge in [0.05, 0.1) is 17.7 Å². The summed E-state index contributed by atoms with van der Waals surface area (Å²) in [7, 11) is 3.88. The van der Waals surface area contributed by atoms with Crippen molar-refractivity contribution in [2.24, 2.45) is 0 Å². The van der Waals surface area contributed by atoms with Gasteiger partial charge in [-0.1, -0.05) is 24.3 Å². The molecular formula is C20H19FN2O2. The van der Waals surface area contributed by atoms with E-state index in [2.05, 4.69) is 0 Å². The van der Waals surface area contributed by atoms with Gasteiger partial charge in [0, 0.05) is 19.8 Å². The fourth-order valence-electron chi connectivity index (χ4n) is 2.79. The summed E-state index contributed by atoms with van der Waals surface area (Å²) in [5.41, 5.74) is 2.66. The number of rotatable bonds is 5. The van der Waals surface area contributed by atoms with Gasteiger partial charge in [0.25, 0.3) is 11.8 Å². The van der Waals surface area contributed by atoms with Crippen LogP contribution in [0.15, 0.2) is 60.4 Å². The number of carbonyl (C=O) groups excluding carboxylic acids is 2. The predicted octanol–water partition coefficient (Wildman–Crippen LogP) is 3.44. The first kappa shape index (κ1) is 16.9. The summed E-state index contributed by atoms with van der Waals surface area (Å²) < 4.78 is 14.3. The van der Waals surface area contributed by atoms with Crippen LogP contribution in [0.25, 0.3) is 0 Å². The minimum Gasteiger partial charge on any atom is -0.378 e. The van der Waals surface area contributed by atoms with Crippen molar-refractivity contribution < 1.29 is 14.0 Å². The van der Waals surface area contributed by atoms with Gasteiger partial charge in [-0.3, -0.25) is 14.5 Å². The number of benzene rings is 2. The molecule has 0 fully saturated rings. The summed E-state index contributed by atoms with van der Waals surface area (Å²) in [4.78, 5) is 27.4. The number of imide groups is 1. The number of fused-ring (bicyclic) bond motifs is 1. The van der Waals surface area contributed by atoms with E-state index in [9.17, 15) is 14.0 Å². The number of hydrogen-bond acceptors (Lipinski definition) is 3. The Morgan fingerprint density at radius 1 is 1.04 bits per heavy atom. The van der Waals surface area contributed by atoms with Crippen LogP contribution < -0.4 is 4.90 Å². The van der Waals surface area contributed by atoms with Crippen molar-refractivity contribution in [3.05, 3.63) is 77.1 Å². The minimum atomic E-state index is -0.496. The van der Waals surface area contributed by atoms with Gasteiger partial charge in [-0.2, -0.15) is 0 Å². The first-order chi connectivity index (χ1) is 12.0.